The van der Waals surface area contributed by atoms with Crippen LogP contribution in [0.25, 0.3) is 5.69 Å². The van der Waals surface area contributed by atoms with Crippen LogP contribution in [0.5, 0.6) is 0 Å². The van der Waals surface area contributed by atoms with Crippen molar-refractivity contribution in [2.75, 3.05) is 0 Å². The second-order valence-corrected chi connectivity index (χ2v) is 5.34. The molecule has 2 aromatic rings. The zero-order valence-corrected chi connectivity index (χ0v) is 12.8. The molecule has 0 atom stereocenters. The van der Waals surface area contributed by atoms with Crippen molar-refractivity contribution in [3.05, 3.63) is 60.4 Å². The highest BCUT2D eigenvalue weighted by Gasteiger charge is 2.16. The number of hydrogen-bond donors (Lipinski definition) is 1. The number of nitrogens with zero attached hydrogens (tertiary/aromatic N) is 1. The summed E-state index contributed by atoms with van der Waals surface area (Å²) in [6, 6.07) is 3.91. The van der Waals surface area contributed by atoms with Gasteiger partial charge >= 0.3 is 5.69 Å². The minimum atomic E-state index is -0.507. The fourth-order valence-electron chi connectivity index (χ4n) is 2.58. The molecule has 1 N–H and O–H groups in total. The summed E-state index contributed by atoms with van der Waals surface area (Å²) in [7, 11) is 0. The molecule has 1 heterocycles. The molecule has 5 heteroatoms. The maximum atomic E-state index is 12.5. The second kappa shape index (κ2) is 5.29. The average molecular weight is 293 g/mol. The van der Waals surface area contributed by atoms with Gasteiger partial charge in [0.2, 0.25) is 0 Å². The summed E-state index contributed by atoms with van der Waals surface area (Å²) in [6.07, 6.45) is 0.471. The molecule has 0 aliphatic rings. The lowest BCUT2D eigenvalue weighted by Gasteiger charge is -2.14. The number of hydrogen-bond acceptors (Lipinski definition) is 2. The Hall–Kier alpha value is -1.81. The zero-order valence-electron chi connectivity index (χ0n) is 12.0. The van der Waals surface area contributed by atoms with E-state index >= 15 is 0 Å². The molecule has 0 aliphatic carbocycles. The molecule has 0 saturated heterocycles. The number of halogens is 1. The van der Waals surface area contributed by atoms with Crippen molar-refractivity contribution in [2.24, 2.45) is 0 Å². The van der Waals surface area contributed by atoms with Crippen LogP contribution in [0.1, 0.15) is 29.2 Å². The van der Waals surface area contributed by atoms with Gasteiger partial charge in [0.1, 0.15) is 5.15 Å². The van der Waals surface area contributed by atoms with Gasteiger partial charge in [0, 0.05) is 0 Å². The van der Waals surface area contributed by atoms with Crippen LogP contribution >= 0.6 is 11.6 Å². The molecule has 0 bridgehead atoms. The molecule has 0 amide bonds. The minimum absolute atomic E-state index is 0.126. The quantitative estimate of drug-likeness (QED) is 0.865. The molecule has 0 unspecified atom stereocenters. The monoisotopic (exact) mass is 292 g/mol. The van der Waals surface area contributed by atoms with Gasteiger partial charge in [-0.3, -0.25) is 9.78 Å². The Labute approximate surface area is 122 Å². The van der Waals surface area contributed by atoms with Crippen LogP contribution in [0.15, 0.2) is 21.7 Å². The van der Waals surface area contributed by atoms with E-state index in [-0.39, 0.29) is 10.7 Å². The Kier molecular flexibility index (Phi) is 3.86. The lowest BCUT2D eigenvalue weighted by molar-refractivity contribution is 0.831. The van der Waals surface area contributed by atoms with E-state index in [9.17, 15) is 9.59 Å². The molecule has 1 aromatic carbocycles. The van der Waals surface area contributed by atoms with Gasteiger partial charge < -0.3 is 0 Å². The van der Waals surface area contributed by atoms with Crippen molar-refractivity contribution < 1.29 is 0 Å². The van der Waals surface area contributed by atoms with Gasteiger partial charge in [-0.2, -0.15) is 0 Å². The van der Waals surface area contributed by atoms with Crippen LogP contribution in [0.2, 0.25) is 5.15 Å². The summed E-state index contributed by atoms with van der Waals surface area (Å²) in [6.45, 7) is 7.60. The zero-order chi connectivity index (χ0) is 15.0. The molecule has 0 aliphatic heterocycles. The van der Waals surface area contributed by atoms with Crippen LogP contribution in [0.4, 0.5) is 0 Å². The van der Waals surface area contributed by atoms with E-state index in [1.54, 1.807) is 0 Å². The van der Waals surface area contributed by atoms with Crippen LogP contribution in [0, 0.1) is 20.8 Å². The number of aromatic amines is 1. The van der Waals surface area contributed by atoms with Crippen molar-refractivity contribution in [1.29, 1.82) is 0 Å². The number of H-pyrrole nitrogens is 1. The molecule has 2 rings (SSSR count). The van der Waals surface area contributed by atoms with Crippen LogP contribution < -0.4 is 11.2 Å². The smallest absolute Gasteiger partial charge is 0.297 e. The van der Waals surface area contributed by atoms with Gasteiger partial charge in [0.25, 0.3) is 5.56 Å². The highest BCUT2D eigenvalue weighted by molar-refractivity contribution is 6.30. The van der Waals surface area contributed by atoms with Crippen LogP contribution in [-0.4, -0.2) is 9.55 Å². The van der Waals surface area contributed by atoms with Gasteiger partial charge in [-0.1, -0.05) is 36.2 Å². The predicted molar refractivity (Wildman–Crippen MR) is 81.3 cm³/mol. The van der Waals surface area contributed by atoms with Gasteiger partial charge in [-0.05, 0) is 38.3 Å². The third-order valence-electron chi connectivity index (χ3n) is 3.36. The maximum absolute atomic E-state index is 12.5. The van der Waals surface area contributed by atoms with E-state index < -0.39 is 5.69 Å². The Balaban J connectivity index is 2.91. The second-order valence-electron chi connectivity index (χ2n) is 4.96. The minimum Gasteiger partial charge on any atom is -0.297 e. The SMILES string of the molecule is CCc1c(Cl)[nH]c(=O)n(-c2c(C)cc(C)cc2C)c1=O. The topological polar surface area (TPSA) is 54.9 Å². The highest BCUT2D eigenvalue weighted by Crippen LogP contribution is 2.19. The molecule has 0 spiro atoms. The normalized spacial score (nSPS) is 10.8. The summed E-state index contributed by atoms with van der Waals surface area (Å²) in [4.78, 5) is 27.2. The first kappa shape index (κ1) is 14.6. The Morgan fingerprint density at radius 3 is 2.20 bits per heavy atom. The number of rotatable bonds is 2. The van der Waals surface area contributed by atoms with E-state index in [1.807, 2.05) is 39.8 Å². The largest absolute Gasteiger partial charge is 0.334 e. The summed E-state index contributed by atoms with van der Waals surface area (Å²) < 4.78 is 1.18. The first-order valence-electron chi connectivity index (χ1n) is 6.48. The molecule has 20 heavy (non-hydrogen) atoms. The van der Waals surface area contributed by atoms with E-state index in [0.717, 1.165) is 16.7 Å². The molecule has 4 nitrogen and oxygen atoms in total. The summed E-state index contributed by atoms with van der Waals surface area (Å²) in [5.74, 6) is 0. The molecule has 0 radical (unpaired) electrons. The van der Waals surface area contributed by atoms with Gasteiger partial charge in [-0.15, -0.1) is 0 Å². The summed E-state index contributed by atoms with van der Waals surface area (Å²) >= 11 is 5.93. The summed E-state index contributed by atoms with van der Waals surface area (Å²) in [5.41, 5.74) is 3.07. The lowest BCUT2D eigenvalue weighted by Crippen LogP contribution is -2.36. The van der Waals surface area contributed by atoms with Crippen LogP contribution in [-0.2, 0) is 6.42 Å². The van der Waals surface area contributed by atoms with Gasteiger partial charge in [0.05, 0.1) is 11.3 Å². The highest BCUT2D eigenvalue weighted by atomic mass is 35.5. The van der Waals surface area contributed by atoms with Crippen molar-refractivity contribution in [2.45, 2.75) is 34.1 Å². The Morgan fingerprint density at radius 2 is 1.70 bits per heavy atom. The predicted octanol–water partition coefficient (Wildman–Crippen LogP) is 2.67. The Bertz CT molecular complexity index is 764. The third-order valence-corrected chi connectivity index (χ3v) is 3.68. The fourth-order valence-corrected chi connectivity index (χ4v) is 2.88. The summed E-state index contributed by atoms with van der Waals surface area (Å²) in [5, 5.41) is 0.126. The van der Waals surface area contributed by atoms with Crippen molar-refractivity contribution in [1.82, 2.24) is 9.55 Å². The molecule has 0 fully saturated rings. The van der Waals surface area contributed by atoms with Gasteiger partial charge in [-0.25, -0.2) is 9.36 Å². The number of benzene rings is 1. The third kappa shape index (κ3) is 2.31. The van der Waals surface area contributed by atoms with E-state index in [4.69, 9.17) is 11.6 Å². The molecule has 0 saturated carbocycles. The number of aryl methyl sites for hydroxylation is 3. The number of nitrogens with one attached hydrogen (secondary N) is 1. The van der Waals surface area contributed by atoms with Crippen molar-refractivity contribution in [3.8, 4) is 5.69 Å². The lowest BCUT2D eigenvalue weighted by atomic mass is 10.0. The first-order chi connectivity index (χ1) is 9.36. The molecule has 1 aromatic heterocycles. The maximum Gasteiger partial charge on any atom is 0.334 e. The molecule has 106 valence electrons. The van der Waals surface area contributed by atoms with Crippen LogP contribution in [0.3, 0.4) is 0 Å². The van der Waals surface area contributed by atoms with E-state index in [0.29, 0.717) is 17.7 Å². The van der Waals surface area contributed by atoms with Crippen molar-refractivity contribution in [3.63, 3.8) is 0 Å². The standard InChI is InChI=1S/C15H17ClN2O2/c1-5-11-13(16)17-15(20)18(14(11)19)12-9(3)6-8(2)7-10(12)4/h6-7H,5H2,1-4H3,(H,17,20). The van der Waals surface area contributed by atoms with Crippen molar-refractivity contribution >= 4 is 11.6 Å². The first-order valence-corrected chi connectivity index (χ1v) is 6.86. The van der Waals surface area contributed by atoms with Gasteiger partial charge in [0.15, 0.2) is 0 Å². The van der Waals surface area contributed by atoms with E-state index in [1.165, 1.54) is 4.57 Å². The molecular formula is C15H17ClN2O2. The Morgan fingerprint density at radius 1 is 1.15 bits per heavy atom. The fraction of sp³-hybridized carbons (Fsp3) is 0.333. The average Bonchev–Trinajstić information content (AvgIpc) is 2.32. The van der Waals surface area contributed by atoms with E-state index in [2.05, 4.69) is 4.98 Å². The molecular weight excluding hydrogens is 276 g/mol. The number of aromatic nitrogens is 2.